The summed E-state index contributed by atoms with van der Waals surface area (Å²) in [5.41, 5.74) is 5.81. The minimum atomic E-state index is -2.00. The van der Waals surface area contributed by atoms with Gasteiger partial charge in [-0.25, -0.2) is 39.2 Å². The second-order valence-electron chi connectivity index (χ2n) is 29.2. The average Bonchev–Trinajstić information content (AvgIpc) is 1.75. The first-order valence-corrected chi connectivity index (χ1v) is 42.6. The number of benzene rings is 2. The van der Waals surface area contributed by atoms with Gasteiger partial charge in [-0.2, -0.15) is 0 Å². The summed E-state index contributed by atoms with van der Waals surface area (Å²) in [4.78, 5) is 238. The number of hydrogen-bond acceptors (Lipinski definition) is 27. The van der Waals surface area contributed by atoms with E-state index in [1.165, 1.54) is 60.5 Å². The van der Waals surface area contributed by atoms with E-state index in [-0.39, 0.29) is 110 Å². The van der Waals surface area contributed by atoms with Gasteiger partial charge < -0.3 is 103 Å². The Morgan fingerprint density at radius 3 is 1.83 bits per heavy atom. The molecule has 45 heteroatoms. The number of carboxylic acids is 6. The highest BCUT2D eigenvalue weighted by Crippen LogP contribution is 2.33. The molecule has 0 spiro atoms. The van der Waals surface area contributed by atoms with Gasteiger partial charge in [0, 0.05) is 67.7 Å². The number of phenols is 1. The van der Waals surface area contributed by atoms with Crippen LogP contribution in [0.15, 0.2) is 53.9 Å². The molecule has 122 heavy (non-hydrogen) atoms. The third kappa shape index (κ3) is 38.0. The largest absolute Gasteiger partial charge is 0.508 e. The van der Waals surface area contributed by atoms with E-state index in [1.807, 2.05) is 45.0 Å². The molecule has 0 bridgehead atoms. The number of amides is 12. The van der Waals surface area contributed by atoms with Crippen LogP contribution in [0.4, 0.5) is 14.4 Å². The maximum absolute atomic E-state index is 15.0. The summed E-state index contributed by atoms with van der Waals surface area (Å²) in [7, 11) is 3.70. The van der Waals surface area contributed by atoms with Crippen molar-refractivity contribution in [3.05, 3.63) is 81.3 Å². The number of hydrogen-bond donors (Lipinski definition) is 18. The highest BCUT2D eigenvalue weighted by Gasteiger charge is 2.41. The minimum absolute atomic E-state index is 0.00212. The van der Waals surface area contributed by atoms with Crippen molar-refractivity contribution in [3.8, 4) is 5.75 Å². The number of rotatable bonds is 53. The number of thiazole rings is 1. The van der Waals surface area contributed by atoms with Crippen LogP contribution in [0.25, 0.3) is 0 Å². The molecule has 0 aliphatic carbocycles. The van der Waals surface area contributed by atoms with E-state index in [1.54, 1.807) is 19.1 Å². The van der Waals surface area contributed by atoms with Crippen molar-refractivity contribution in [1.29, 1.82) is 0 Å². The van der Waals surface area contributed by atoms with Gasteiger partial charge in [0.2, 0.25) is 35.4 Å². The van der Waals surface area contributed by atoms with Gasteiger partial charge >= 0.3 is 65.9 Å². The van der Waals surface area contributed by atoms with Gasteiger partial charge in [0.15, 0.2) is 12.8 Å². The molecule has 1 saturated heterocycles. The molecule has 12 amide bonds. The van der Waals surface area contributed by atoms with Crippen LogP contribution in [0, 0.1) is 17.8 Å². The number of carboxylic acid groups (broad SMARTS) is 6. The van der Waals surface area contributed by atoms with Crippen LogP contribution in [0.1, 0.15) is 177 Å². The number of ether oxygens (including phenoxy) is 3. The molecule has 2 heterocycles. The molecule has 674 valence electrons. The van der Waals surface area contributed by atoms with E-state index >= 15 is 4.79 Å². The van der Waals surface area contributed by atoms with Gasteiger partial charge in [0.05, 0.1) is 31.7 Å². The lowest BCUT2D eigenvalue weighted by atomic mass is 9.92. The third-order valence-corrected chi connectivity index (χ3v) is 22.4. The number of nitrogens with one attached hydrogen (secondary N) is 11. The SMILES string of the molecule is CCCC(=O)OCN(C(=O)[C@@H](NC(=O)[C@H]1CCCCN1C)C(C)CC)[C@H](C[C@@H](OC(C)=O)c1nc(C(=O)N[C@@H](Cc2ccc(O)cc2)C[C@H](C)C(=O)NNC(=O)OCCSSC[C@H](NC(=O)[C@H](CC(=O)O)NC(=O)[C@H](CC(=O)O)NC(=O)Cc2ccc(CNC(=O)NCCCC[C@H](NC(=O)N[C@@H](CC(=O)O)C(=O)O)C(=O)O)cc2)C(=O)O)cs1)C(C)C. The fourth-order valence-corrected chi connectivity index (χ4v) is 15.1. The molecule has 2 aromatic carbocycles. The normalized spacial score (nSPS) is 15.2. The van der Waals surface area contributed by atoms with Crippen molar-refractivity contribution in [3.63, 3.8) is 0 Å². The maximum Gasteiger partial charge on any atom is 0.426 e. The number of esters is 2. The van der Waals surface area contributed by atoms with Gasteiger partial charge in [-0.15, -0.1) is 11.3 Å². The summed E-state index contributed by atoms with van der Waals surface area (Å²) in [5, 5.41) is 89.8. The highest BCUT2D eigenvalue weighted by molar-refractivity contribution is 8.76. The Labute approximate surface area is 714 Å². The van der Waals surface area contributed by atoms with Crippen molar-refractivity contribution in [2.75, 3.05) is 45.0 Å². The summed E-state index contributed by atoms with van der Waals surface area (Å²) < 4.78 is 16.7. The van der Waals surface area contributed by atoms with E-state index in [0.29, 0.717) is 42.5 Å². The zero-order chi connectivity index (χ0) is 90.9. The fourth-order valence-electron chi connectivity index (χ4n) is 12.3. The number of likely N-dealkylation sites (tertiary alicyclic amines) is 1. The van der Waals surface area contributed by atoms with Crippen molar-refractivity contribution >= 4 is 140 Å². The first-order valence-electron chi connectivity index (χ1n) is 39.2. The van der Waals surface area contributed by atoms with Crippen molar-refractivity contribution < 1.29 is 136 Å². The monoisotopic (exact) mass is 1770 g/mol. The lowest BCUT2D eigenvalue weighted by Gasteiger charge is -2.39. The molecule has 0 saturated carbocycles. The quantitative estimate of drug-likeness (QED) is 0.00964. The zero-order valence-corrected chi connectivity index (χ0v) is 71.2. The van der Waals surface area contributed by atoms with E-state index in [9.17, 15) is 107 Å². The van der Waals surface area contributed by atoms with Crippen molar-refractivity contribution in [2.45, 2.75) is 218 Å². The van der Waals surface area contributed by atoms with Crippen molar-refractivity contribution in [1.82, 2.24) is 73.5 Å². The number of carbonyl (C=O) groups excluding carboxylic acids is 12. The molecule has 1 aromatic heterocycles. The average molecular weight is 1780 g/mol. The molecule has 3 aromatic rings. The first kappa shape index (κ1) is 103. The summed E-state index contributed by atoms with van der Waals surface area (Å²) in [6.45, 7) is 11.9. The van der Waals surface area contributed by atoms with Crippen LogP contribution in [0.5, 0.6) is 5.75 Å². The Hall–Kier alpha value is -11.6. The zero-order valence-electron chi connectivity index (χ0n) is 68.7. The molecule has 1 fully saturated rings. The predicted octanol–water partition coefficient (Wildman–Crippen LogP) is 2.90. The van der Waals surface area contributed by atoms with Crippen LogP contribution in [-0.4, -0.2) is 257 Å². The van der Waals surface area contributed by atoms with Gasteiger partial charge in [0.1, 0.15) is 59.3 Å². The van der Waals surface area contributed by atoms with Gasteiger partial charge in [-0.05, 0) is 106 Å². The number of aromatic hydroxyl groups is 1. The van der Waals surface area contributed by atoms with Gasteiger partial charge in [-0.1, -0.05) is 112 Å². The molecule has 42 nitrogen and oxygen atoms in total. The molecule has 1 aliphatic heterocycles. The van der Waals surface area contributed by atoms with Crippen molar-refractivity contribution in [2.24, 2.45) is 17.8 Å². The smallest absolute Gasteiger partial charge is 0.426 e. The number of urea groups is 2. The fraction of sp³-hybridized carbons (Fsp3) is 0.571. The highest BCUT2D eigenvalue weighted by atomic mass is 33.1. The molecule has 12 atom stereocenters. The number of piperidine rings is 1. The molecule has 18 N–H and O–H groups in total. The maximum atomic E-state index is 15.0. The number of unbranched alkanes of at least 4 members (excludes halogenated alkanes) is 1. The Balaban J connectivity index is 1.29. The lowest BCUT2D eigenvalue weighted by Crippen LogP contribution is -2.59. The predicted molar refractivity (Wildman–Crippen MR) is 438 cm³/mol. The molecule has 4 rings (SSSR count). The second-order valence-corrected chi connectivity index (χ2v) is 32.7. The number of carbonyl (C=O) groups is 18. The Kier molecular flexibility index (Phi) is 44.8. The molecule has 1 unspecified atom stereocenters. The summed E-state index contributed by atoms with van der Waals surface area (Å²) in [5.74, 6) is -18.6. The Morgan fingerprint density at radius 1 is 0.639 bits per heavy atom. The van der Waals surface area contributed by atoms with Gasteiger partial charge in [0.25, 0.3) is 5.91 Å². The van der Waals surface area contributed by atoms with Crippen LogP contribution >= 0.6 is 32.9 Å². The number of likely N-dealkylation sites (N-methyl/N-ethyl adjacent to an activating group) is 1. The topological polar surface area (TPSA) is 628 Å². The van der Waals surface area contributed by atoms with Crippen LogP contribution in [0.3, 0.4) is 0 Å². The van der Waals surface area contributed by atoms with Gasteiger partial charge in [-0.3, -0.25) is 67.9 Å². The minimum Gasteiger partial charge on any atom is -0.508 e. The number of aliphatic carboxylic acids is 6. The van der Waals surface area contributed by atoms with E-state index in [0.717, 1.165) is 45.8 Å². The van der Waals surface area contributed by atoms with E-state index in [4.69, 9.17) is 24.4 Å². The van der Waals surface area contributed by atoms with E-state index < -0.39 is 200 Å². The standard InChI is InChI=1S/C77H110N14O28S3/c1-9-15-63(101)118-40-91(71(107)64(42(5)10-2)87-69(106)56-17-12-14-27-90(56)8)57(41(3)4)36-58(119-44(7)92)70-84-54(38-120-70)68(105)80-48(31-45-22-24-49(93)25-23-45)30-43(6)65(102)88-89-77(116)117-28-29-121-122-39-55(74(112)113)83-67(104)52(34-61(97)98)82-66(103)51(33-60(95)96)81-59(94)32-46-18-20-47(21-19-46)37-79-75(114)78-26-13-11-16-50(72(108)109)85-76(115)86-53(73(110)111)35-62(99)100/h18-25,38,41-43,48,50-53,55-58,64,93H,9-17,26-37,39-40H2,1-8H3,(H,80,105)(H,81,94)(H,82,103)(H,83,104)(H,87,106)(H,88,102)(H,89,116)(H,95,96)(H,97,98)(H,99,100)(H,108,109)(H,110,111)(H,112,113)(H2,78,79,114)(H2,85,86,115)/t42?,43-,48+,50-,51-,52-,53-,55-,56+,57+,58+,64-/m0/s1. The summed E-state index contributed by atoms with van der Waals surface area (Å²) >= 11 is 1.000. The lowest BCUT2D eigenvalue weighted by molar-refractivity contribution is -0.161. The number of aromatic nitrogens is 1. The molecule has 0 radical (unpaired) electrons. The third-order valence-electron chi connectivity index (χ3n) is 19.0. The Bertz CT molecular complexity index is 4090. The second kappa shape index (κ2) is 53.2. The molecule has 1 aliphatic rings. The summed E-state index contributed by atoms with van der Waals surface area (Å²) in [6.07, 6.45) is -2.14. The Morgan fingerprint density at radius 2 is 1.24 bits per heavy atom. The number of hydrazine groups is 1. The van der Waals surface area contributed by atoms with Crippen LogP contribution < -0.4 is 58.7 Å². The molecular formula is C77H110N14O28S3. The first-order chi connectivity index (χ1) is 57.7. The van der Waals surface area contributed by atoms with Crippen LogP contribution in [-0.2, 0) is 101 Å². The van der Waals surface area contributed by atoms with Crippen LogP contribution in [0.2, 0.25) is 0 Å². The number of phenolic OH excluding ortho intramolecular Hbond substituents is 1. The molecular weight excluding hydrogens is 1670 g/mol. The van der Waals surface area contributed by atoms with E-state index in [2.05, 4.69) is 58.4 Å². The number of nitrogens with zero attached hydrogens (tertiary/aromatic N) is 3. The summed E-state index contributed by atoms with van der Waals surface area (Å²) in [6, 6.07) is -1.75.